The number of hydrogen-bond donors (Lipinski definition) is 0. The van der Waals surface area contributed by atoms with E-state index in [2.05, 4.69) is 8.86 Å². The molecule has 0 heterocycles. The van der Waals surface area contributed by atoms with Crippen LogP contribution < -0.4 is 4.74 Å². The molecule has 0 aromatic heterocycles. The highest BCUT2D eigenvalue weighted by Crippen LogP contribution is 2.11. The van der Waals surface area contributed by atoms with Gasteiger partial charge in [-0.1, -0.05) is 0 Å². The number of hydrogen-bond acceptors (Lipinski definition) is 2. The van der Waals surface area contributed by atoms with Crippen LogP contribution in [0.1, 0.15) is 10.4 Å². The summed E-state index contributed by atoms with van der Waals surface area (Å²) in [5.74, 6) is 2.22. The number of carbonyl (C=O) groups excluding carboxylic acids is 1. The van der Waals surface area contributed by atoms with Crippen molar-refractivity contribution in [2.24, 2.45) is 0 Å². The lowest BCUT2D eigenvalue weighted by atomic mass is 10.1. The second-order valence-electron chi connectivity index (χ2n) is 2.26. The molecule has 0 fully saturated rings. The molecule has 0 aliphatic carbocycles. The molecule has 1 aromatic rings. The predicted octanol–water partition coefficient (Wildman–Crippen LogP) is 1.56. The summed E-state index contributed by atoms with van der Waals surface area (Å²) in [6.45, 7) is 0. The normalized spacial score (nSPS) is 9.08. The Kier molecular flexibility index (Phi) is 3.01. The van der Waals surface area contributed by atoms with E-state index in [1.165, 1.54) is 5.80 Å². The van der Waals surface area contributed by atoms with Crippen molar-refractivity contribution in [2.75, 3.05) is 7.11 Å². The third-order valence-electron chi connectivity index (χ3n) is 1.53. The van der Waals surface area contributed by atoms with Gasteiger partial charge in [0.15, 0.2) is 5.80 Å². The van der Waals surface area contributed by atoms with Crippen LogP contribution in [0.15, 0.2) is 24.3 Å². The van der Waals surface area contributed by atoms with Crippen LogP contribution in [0, 0.1) is 0 Å². The van der Waals surface area contributed by atoms with Crippen molar-refractivity contribution in [3.8, 4) is 5.75 Å². The van der Waals surface area contributed by atoms with Gasteiger partial charge in [-0.3, -0.25) is 4.79 Å². The molecule has 0 aliphatic rings. The van der Waals surface area contributed by atoms with Gasteiger partial charge in [0.05, 0.1) is 16.0 Å². The Morgan fingerprint density at radius 1 is 1.42 bits per heavy atom. The molecule has 0 bridgehead atoms. The van der Waals surface area contributed by atoms with E-state index in [9.17, 15) is 4.79 Å². The van der Waals surface area contributed by atoms with E-state index in [0.717, 1.165) is 5.75 Å². The number of ether oxygens (including phenoxy) is 1. The van der Waals surface area contributed by atoms with Crippen LogP contribution in [0.3, 0.4) is 0 Å². The largest absolute Gasteiger partial charge is 0.497 e. The molecule has 1 rings (SSSR count). The van der Waals surface area contributed by atoms with Crippen LogP contribution in [0.2, 0.25) is 0 Å². The standard InChI is InChI=1S/C9H9O2P/c1-11-8-4-2-7(3-5-8)9(10)6-12/h2-6,12H,1H3/p+1. The van der Waals surface area contributed by atoms with Gasteiger partial charge in [-0.15, -0.1) is 0 Å². The lowest BCUT2D eigenvalue weighted by Gasteiger charge is -1.98. The molecule has 0 N–H and O–H groups in total. The molecule has 2 nitrogen and oxygen atoms in total. The zero-order valence-corrected chi connectivity index (χ0v) is 7.94. The Balaban J connectivity index is 2.91. The molecule has 0 saturated heterocycles. The van der Waals surface area contributed by atoms with Crippen LogP contribution in [-0.2, 0) is 0 Å². The van der Waals surface area contributed by atoms with E-state index >= 15 is 0 Å². The fourth-order valence-corrected chi connectivity index (χ4v) is 1.04. The molecule has 0 saturated carbocycles. The van der Waals surface area contributed by atoms with Gasteiger partial charge in [-0.25, -0.2) is 0 Å². The Morgan fingerprint density at radius 2 is 2.00 bits per heavy atom. The molecule has 3 heteroatoms. The van der Waals surface area contributed by atoms with Crippen molar-refractivity contribution in [3.63, 3.8) is 0 Å². The summed E-state index contributed by atoms with van der Waals surface area (Å²) < 4.78 is 4.96. The maximum Gasteiger partial charge on any atom is 0.226 e. The average Bonchev–Trinajstić information content (AvgIpc) is 2.17. The minimum Gasteiger partial charge on any atom is -0.497 e. The molecular formula is C9H10O2P+. The van der Waals surface area contributed by atoms with Crippen molar-refractivity contribution in [1.82, 2.24) is 0 Å². The Hall–Kier alpha value is -1.14. The summed E-state index contributed by atoms with van der Waals surface area (Å²) in [6.07, 6.45) is 0. The van der Waals surface area contributed by atoms with Crippen LogP contribution >= 0.6 is 8.86 Å². The summed E-state index contributed by atoms with van der Waals surface area (Å²) in [5.41, 5.74) is 0.672. The van der Waals surface area contributed by atoms with E-state index in [1.807, 2.05) is 0 Å². The molecule has 0 radical (unpaired) electrons. The van der Waals surface area contributed by atoms with Crippen molar-refractivity contribution < 1.29 is 9.53 Å². The zero-order valence-electron chi connectivity index (χ0n) is 6.78. The average molecular weight is 181 g/mol. The zero-order chi connectivity index (χ0) is 8.97. The van der Waals surface area contributed by atoms with Gasteiger partial charge in [0, 0.05) is 5.56 Å². The van der Waals surface area contributed by atoms with Gasteiger partial charge in [0.25, 0.3) is 0 Å². The number of ketones is 1. The second-order valence-corrected chi connectivity index (χ2v) is 2.59. The predicted molar refractivity (Wildman–Crippen MR) is 53.1 cm³/mol. The summed E-state index contributed by atoms with van der Waals surface area (Å²) in [5, 5.41) is 0. The maximum absolute atomic E-state index is 11.1. The first-order valence-electron chi connectivity index (χ1n) is 3.51. The molecule has 0 spiro atoms. The van der Waals surface area contributed by atoms with Crippen LogP contribution in [0.4, 0.5) is 0 Å². The third-order valence-corrected chi connectivity index (χ3v) is 1.83. The molecule has 1 unspecified atom stereocenters. The van der Waals surface area contributed by atoms with Gasteiger partial charge < -0.3 is 4.74 Å². The van der Waals surface area contributed by atoms with Crippen molar-refractivity contribution in [2.45, 2.75) is 0 Å². The van der Waals surface area contributed by atoms with Gasteiger partial charge in [-0.2, -0.15) is 0 Å². The number of rotatable bonds is 3. The summed E-state index contributed by atoms with van der Waals surface area (Å²) in [6, 6.07) is 7.01. The van der Waals surface area contributed by atoms with E-state index in [1.54, 1.807) is 31.4 Å². The van der Waals surface area contributed by atoms with Crippen LogP contribution in [-0.4, -0.2) is 18.7 Å². The number of Topliss-reactive ketones (excluding diaryl/α,β-unsaturated/α-hetero) is 1. The van der Waals surface area contributed by atoms with E-state index in [-0.39, 0.29) is 5.78 Å². The van der Waals surface area contributed by atoms with Gasteiger partial charge in [-0.05, 0) is 24.3 Å². The minimum atomic E-state index is 0.00246. The first-order chi connectivity index (χ1) is 5.77. The smallest absolute Gasteiger partial charge is 0.226 e. The summed E-state index contributed by atoms with van der Waals surface area (Å²) in [4.78, 5) is 11.1. The molecular weight excluding hydrogens is 171 g/mol. The fraction of sp³-hybridized carbons (Fsp3) is 0.111. The topological polar surface area (TPSA) is 26.3 Å². The monoisotopic (exact) mass is 181 g/mol. The lowest BCUT2D eigenvalue weighted by Crippen LogP contribution is -1.97. The van der Waals surface area contributed by atoms with Crippen molar-refractivity contribution in [1.29, 1.82) is 0 Å². The SMILES string of the molecule is COc1ccc(C(=O)C=[PH2+])cc1. The molecule has 12 heavy (non-hydrogen) atoms. The quantitative estimate of drug-likeness (QED) is 0.522. The van der Waals surface area contributed by atoms with Crippen molar-refractivity contribution in [3.05, 3.63) is 29.8 Å². The van der Waals surface area contributed by atoms with E-state index in [4.69, 9.17) is 4.74 Å². The minimum absolute atomic E-state index is 0.00246. The number of carbonyl (C=O) groups is 1. The first kappa shape index (κ1) is 8.95. The highest BCUT2D eigenvalue weighted by molar-refractivity contribution is 7.22. The van der Waals surface area contributed by atoms with E-state index < -0.39 is 0 Å². The molecule has 1 aromatic carbocycles. The second kappa shape index (κ2) is 4.03. The number of methoxy groups -OCH3 is 1. The number of benzene rings is 1. The van der Waals surface area contributed by atoms with Gasteiger partial charge >= 0.3 is 0 Å². The highest BCUT2D eigenvalue weighted by Gasteiger charge is 2.02. The summed E-state index contributed by atoms with van der Waals surface area (Å²) >= 11 is 0. The van der Waals surface area contributed by atoms with Crippen LogP contribution in [0.5, 0.6) is 5.75 Å². The van der Waals surface area contributed by atoms with Crippen LogP contribution in [0.25, 0.3) is 0 Å². The molecule has 0 amide bonds. The lowest BCUT2D eigenvalue weighted by molar-refractivity contribution is 0.107. The first-order valence-corrected chi connectivity index (χ1v) is 4.18. The molecule has 62 valence electrons. The Bertz CT molecular complexity index is 290. The van der Waals surface area contributed by atoms with Crippen molar-refractivity contribution >= 4 is 20.4 Å². The van der Waals surface area contributed by atoms with Gasteiger partial charge in [0.1, 0.15) is 5.75 Å². The molecule has 1 atom stereocenters. The van der Waals surface area contributed by atoms with Gasteiger partial charge in [0.2, 0.25) is 5.78 Å². The highest BCUT2D eigenvalue weighted by atomic mass is 31.0. The fourth-order valence-electron chi connectivity index (χ4n) is 0.852. The summed E-state index contributed by atoms with van der Waals surface area (Å²) in [7, 11) is 3.88. The van der Waals surface area contributed by atoms with E-state index in [0.29, 0.717) is 5.56 Å². The third kappa shape index (κ3) is 1.93. The Morgan fingerprint density at radius 3 is 2.42 bits per heavy atom. The maximum atomic E-state index is 11.1. The Labute approximate surface area is 73.4 Å². The molecule has 0 aliphatic heterocycles.